The van der Waals surface area contributed by atoms with E-state index in [0.717, 1.165) is 4.91 Å². The van der Waals surface area contributed by atoms with Crippen LogP contribution in [0.2, 0.25) is 0 Å². The third-order valence-electron chi connectivity index (χ3n) is 1.02. The molecule has 0 amide bonds. The summed E-state index contributed by atoms with van der Waals surface area (Å²) in [4.78, 5) is 0.905. The summed E-state index contributed by atoms with van der Waals surface area (Å²) in [7, 11) is 1.99. The molecule has 1 unspecified atom stereocenters. The predicted octanol–water partition coefficient (Wildman–Crippen LogP) is 2.10. The summed E-state index contributed by atoms with van der Waals surface area (Å²) >= 11 is 6.30. The molecule has 0 aromatic carbocycles. The number of nitrogens with zero attached hydrogens (tertiary/aromatic N) is 1. The normalized spacial score (nSPS) is 14.1. The molecule has 0 heterocycles. The Balaban J connectivity index is 3.64. The summed E-state index contributed by atoms with van der Waals surface area (Å²) < 4.78 is 2.03. The molecular weight excluding hydrogens is 233 g/mol. The molecule has 0 aromatic rings. The van der Waals surface area contributed by atoms with Crippen molar-refractivity contribution in [2.45, 2.75) is 13.0 Å². The Hall–Kier alpha value is 0.780. The van der Waals surface area contributed by atoms with E-state index >= 15 is 0 Å². The molecule has 3 heteroatoms. The van der Waals surface area contributed by atoms with Gasteiger partial charge in [0.2, 0.25) is 0 Å². The summed E-state index contributed by atoms with van der Waals surface area (Å²) in [5.74, 6) is 0. The van der Waals surface area contributed by atoms with Crippen molar-refractivity contribution in [3.05, 3.63) is 11.5 Å². The Labute approximate surface area is 70.0 Å². The molecule has 0 radical (unpaired) electrons. The van der Waals surface area contributed by atoms with E-state index in [1.54, 1.807) is 0 Å². The molecule has 1 nitrogen and oxygen atoms in total. The first-order valence-electron chi connectivity index (χ1n) is 2.32. The first-order chi connectivity index (χ1) is 3.55. The van der Waals surface area contributed by atoms with Gasteiger partial charge in [-0.1, -0.05) is 6.58 Å². The zero-order chi connectivity index (χ0) is 6.73. The van der Waals surface area contributed by atoms with Gasteiger partial charge in [-0.3, -0.25) is 0 Å². The largest absolute Gasteiger partial charge is 0.243 e. The van der Waals surface area contributed by atoms with Crippen LogP contribution >= 0.6 is 35.5 Å². The van der Waals surface area contributed by atoms with Gasteiger partial charge in [0.1, 0.15) is 0 Å². The Morgan fingerprint density at radius 2 is 2.25 bits per heavy atom. The molecule has 0 aliphatic rings. The minimum Gasteiger partial charge on any atom is -0.243 e. The highest BCUT2D eigenvalue weighted by Crippen LogP contribution is 2.12. The first kappa shape index (κ1) is 8.78. The minimum atomic E-state index is 0.360. The van der Waals surface area contributed by atoms with Crippen molar-refractivity contribution < 1.29 is 0 Å². The lowest BCUT2D eigenvalue weighted by Crippen LogP contribution is -2.18. The summed E-state index contributed by atoms with van der Waals surface area (Å²) in [6.45, 7) is 5.75. The van der Waals surface area contributed by atoms with E-state index in [9.17, 15) is 0 Å². The van der Waals surface area contributed by atoms with E-state index in [-0.39, 0.29) is 0 Å². The van der Waals surface area contributed by atoms with Gasteiger partial charge >= 0.3 is 0 Å². The van der Waals surface area contributed by atoms with E-state index in [2.05, 4.69) is 49.0 Å². The molecule has 0 spiro atoms. The van der Waals surface area contributed by atoms with Crippen molar-refractivity contribution in [3.8, 4) is 0 Å². The topological polar surface area (TPSA) is 3.24 Å². The van der Waals surface area contributed by atoms with Crippen LogP contribution in [0.15, 0.2) is 11.5 Å². The lowest BCUT2D eigenvalue weighted by atomic mass is 10.3. The molecule has 48 valence electrons. The van der Waals surface area contributed by atoms with Crippen LogP contribution in [0.3, 0.4) is 0 Å². The molecule has 0 saturated heterocycles. The zero-order valence-electron chi connectivity index (χ0n) is 5.06. The second kappa shape index (κ2) is 3.74. The van der Waals surface area contributed by atoms with E-state index in [4.69, 9.17) is 0 Å². The van der Waals surface area contributed by atoms with Crippen LogP contribution in [0, 0.1) is 0 Å². The van der Waals surface area contributed by atoms with Gasteiger partial charge in [-0.15, -0.1) is 12.6 Å². The lowest BCUT2D eigenvalue weighted by Gasteiger charge is -2.15. The Morgan fingerprint density at radius 1 is 1.88 bits per heavy atom. The maximum atomic E-state index is 4.09. The van der Waals surface area contributed by atoms with Gasteiger partial charge in [-0.25, -0.2) is 3.11 Å². The number of rotatable bonds is 2. The van der Waals surface area contributed by atoms with Crippen LogP contribution in [-0.2, 0) is 0 Å². The standard InChI is InChI=1S/C5H10INS/c1-4(5(2)8)7(3)6/h4,8H,2H2,1,3H3. The van der Waals surface area contributed by atoms with E-state index < -0.39 is 0 Å². The molecule has 0 saturated carbocycles. The van der Waals surface area contributed by atoms with E-state index in [0.29, 0.717) is 6.04 Å². The van der Waals surface area contributed by atoms with Crippen molar-refractivity contribution in [1.29, 1.82) is 0 Å². The van der Waals surface area contributed by atoms with Gasteiger partial charge in [0, 0.05) is 28.9 Å². The average Bonchev–Trinajstić information content (AvgIpc) is 1.64. The van der Waals surface area contributed by atoms with Crippen molar-refractivity contribution in [2.24, 2.45) is 0 Å². The molecule has 0 bridgehead atoms. The van der Waals surface area contributed by atoms with Gasteiger partial charge in [0.15, 0.2) is 0 Å². The highest BCUT2D eigenvalue weighted by Gasteiger charge is 2.04. The maximum Gasteiger partial charge on any atom is 0.0463 e. The Kier molecular flexibility index (Phi) is 4.10. The van der Waals surface area contributed by atoms with Crippen molar-refractivity contribution in [2.75, 3.05) is 7.05 Å². The van der Waals surface area contributed by atoms with Crippen molar-refractivity contribution in [1.82, 2.24) is 3.11 Å². The van der Waals surface area contributed by atoms with Gasteiger partial charge in [-0.05, 0) is 18.9 Å². The molecular formula is C5H10INS. The predicted molar refractivity (Wildman–Crippen MR) is 49.4 cm³/mol. The summed E-state index contributed by atoms with van der Waals surface area (Å²) in [5, 5.41) is 0. The minimum absolute atomic E-state index is 0.360. The van der Waals surface area contributed by atoms with Crippen LogP contribution in [0.1, 0.15) is 6.92 Å². The molecule has 0 aliphatic heterocycles. The van der Waals surface area contributed by atoms with Crippen LogP contribution in [0.4, 0.5) is 0 Å². The van der Waals surface area contributed by atoms with Crippen molar-refractivity contribution >= 4 is 35.5 Å². The monoisotopic (exact) mass is 243 g/mol. The van der Waals surface area contributed by atoms with Crippen LogP contribution in [0.25, 0.3) is 0 Å². The SMILES string of the molecule is C=C(S)C(C)N(C)I. The fourth-order valence-corrected chi connectivity index (χ4v) is 0.935. The molecule has 0 rings (SSSR count). The summed E-state index contributed by atoms with van der Waals surface area (Å²) in [6, 6.07) is 0.360. The maximum absolute atomic E-state index is 4.09. The van der Waals surface area contributed by atoms with Crippen molar-refractivity contribution in [3.63, 3.8) is 0 Å². The Bertz CT molecular complexity index is 92.4. The molecule has 0 aliphatic carbocycles. The number of halogens is 1. The second-order valence-corrected chi connectivity index (χ2v) is 3.79. The van der Waals surface area contributed by atoms with Crippen LogP contribution < -0.4 is 0 Å². The zero-order valence-corrected chi connectivity index (χ0v) is 8.11. The van der Waals surface area contributed by atoms with Gasteiger partial charge in [0.05, 0.1) is 0 Å². The number of likely N-dealkylation sites (N-methyl/N-ethyl adjacent to an activating group) is 1. The fourth-order valence-electron chi connectivity index (χ4n) is 0.205. The average molecular weight is 243 g/mol. The number of thiol groups is 1. The number of hydrogen-bond donors (Lipinski definition) is 1. The quantitative estimate of drug-likeness (QED) is 0.441. The van der Waals surface area contributed by atoms with Gasteiger partial charge in [0.25, 0.3) is 0 Å². The molecule has 8 heavy (non-hydrogen) atoms. The molecule has 0 aromatic heterocycles. The summed E-state index contributed by atoms with van der Waals surface area (Å²) in [6.07, 6.45) is 0. The Morgan fingerprint density at radius 3 is 2.25 bits per heavy atom. The van der Waals surface area contributed by atoms with E-state index in [1.807, 2.05) is 10.2 Å². The lowest BCUT2D eigenvalue weighted by molar-refractivity contribution is 0.544. The molecule has 0 N–H and O–H groups in total. The highest BCUT2D eigenvalue weighted by atomic mass is 127. The molecule has 1 atom stereocenters. The second-order valence-electron chi connectivity index (χ2n) is 1.69. The smallest absolute Gasteiger partial charge is 0.0463 e. The van der Waals surface area contributed by atoms with Gasteiger partial charge < -0.3 is 0 Å². The third kappa shape index (κ3) is 2.94. The highest BCUT2D eigenvalue weighted by molar-refractivity contribution is 14.1. The third-order valence-corrected chi connectivity index (χ3v) is 2.23. The molecule has 0 fully saturated rings. The van der Waals surface area contributed by atoms with Crippen LogP contribution in [0.5, 0.6) is 0 Å². The van der Waals surface area contributed by atoms with Crippen LogP contribution in [-0.4, -0.2) is 16.2 Å². The van der Waals surface area contributed by atoms with E-state index in [1.165, 1.54) is 0 Å². The fraction of sp³-hybridized carbons (Fsp3) is 0.600. The summed E-state index contributed by atoms with van der Waals surface area (Å²) in [5.41, 5.74) is 0. The van der Waals surface area contributed by atoms with Gasteiger partial charge in [-0.2, -0.15) is 0 Å². The number of hydrogen-bond acceptors (Lipinski definition) is 2. The first-order valence-corrected chi connectivity index (χ1v) is 3.73.